The molecule has 0 aliphatic heterocycles. The minimum Gasteiger partial charge on any atom is -0.507 e. The number of benzene rings is 6. The summed E-state index contributed by atoms with van der Waals surface area (Å²) in [6.45, 7) is 2.12. The molecule has 0 aliphatic rings. The molecule has 54 heavy (non-hydrogen) atoms. The van der Waals surface area contributed by atoms with Gasteiger partial charge in [-0.25, -0.2) is 9.97 Å². The maximum atomic E-state index is 10.9. The van der Waals surface area contributed by atoms with Crippen LogP contribution in [0.25, 0.3) is 89.3 Å². The highest BCUT2D eigenvalue weighted by Gasteiger charge is 2.20. The van der Waals surface area contributed by atoms with Crippen molar-refractivity contribution in [3.63, 3.8) is 0 Å². The van der Waals surface area contributed by atoms with Crippen molar-refractivity contribution < 1.29 is 5.11 Å². The Bertz CT molecular complexity index is 2960. The molecule has 0 fully saturated rings. The van der Waals surface area contributed by atoms with Crippen LogP contribution in [0.3, 0.4) is 0 Å². The van der Waals surface area contributed by atoms with Crippen molar-refractivity contribution in [2.45, 2.75) is 6.92 Å². The van der Waals surface area contributed by atoms with Gasteiger partial charge in [0.05, 0.1) is 33.8 Å². The number of hydrogen-bond donors (Lipinski definition) is 1. The minimum absolute atomic E-state index is 0.198. The summed E-state index contributed by atoms with van der Waals surface area (Å²) in [6.07, 6.45) is 2.09. The highest BCUT2D eigenvalue weighted by Crippen LogP contribution is 2.40. The Balaban J connectivity index is 1.17. The molecule has 10 aromatic rings. The molecule has 4 aromatic heterocycles. The highest BCUT2D eigenvalue weighted by atomic mass is 16.3. The van der Waals surface area contributed by atoms with Crippen LogP contribution in [0.4, 0.5) is 0 Å². The summed E-state index contributed by atoms with van der Waals surface area (Å²) >= 11 is 0. The lowest BCUT2D eigenvalue weighted by molar-refractivity contribution is 0.477. The summed E-state index contributed by atoms with van der Waals surface area (Å²) in [5.41, 5.74) is 14.8. The summed E-state index contributed by atoms with van der Waals surface area (Å²) in [5.74, 6) is 0.198. The molecule has 0 spiro atoms. The molecule has 5 nitrogen and oxygen atoms in total. The third-order valence-electron chi connectivity index (χ3n) is 10.4. The van der Waals surface area contributed by atoms with Gasteiger partial charge in [0.2, 0.25) is 0 Å². The number of phenols is 1. The molecule has 6 aromatic carbocycles. The van der Waals surface area contributed by atoms with E-state index < -0.39 is 0 Å². The van der Waals surface area contributed by atoms with Crippen molar-refractivity contribution in [3.05, 3.63) is 188 Å². The molecule has 0 saturated carbocycles. The Morgan fingerprint density at radius 2 is 1.20 bits per heavy atom. The number of aromatic hydroxyl groups is 1. The lowest BCUT2D eigenvalue weighted by atomic mass is 9.96. The molecular formula is C49H34N4O. The summed E-state index contributed by atoms with van der Waals surface area (Å²) in [5, 5.41) is 13.3. The Morgan fingerprint density at radius 1 is 0.481 bits per heavy atom. The van der Waals surface area contributed by atoms with Gasteiger partial charge in [-0.2, -0.15) is 0 Å². The van der Waals surface area contributed by atoms with E-state index in [4.69, 9.17) is 9.97 Å². The first-order chi connectivity index (χ1) is 26.6. The number of nitrogens with zero attached hydrogens (tertiary/aromatic N) is 4. The SMILES string of the molecule is Cc1ccccc1-c1cc(-c2cccc(-c3nc4ccccn4c3-c3ccc4c5ccccc5n(-c5ccccc5)c4c3)c2)nc(-c2ccccc2O)c1. The van der Waals surface area contributed by atoms with Gasteiger partial charge in [0.1, 0.15) is 11.4 Å². The van der Waals surface area contributed by atoms with E-state index in [1.54, 1.807) is 6.07 Å². The van der Waals surface area contributed by atoms with E-state index in [-0.39, 0.29) is 5.75 Å². The number of aromatic nitrogens is 4. The van der Waals surface area contributed by atoms with Crippen LogP contribution in [0, 0.1) is 6.92 Å². The molecule has 1 N–H and O–H groups in total. The Hall–Kier alpha value is -7.24. The molecule has 0 bridgehead atoms. The number of imidazole rings is 1. The van der Waals surface area contributed by atoms with Crippen molar-refractivity contribution in [3.8, 4) is 67.6 Å². The highest BCUT2D eigenvalue weighted by molar-refractivity contribution is 6.10. The van der Waals surface area contributed by atoms with Gasteiger partial charge in [0.15, 0.2) is 0 Å². The molecule has 0 unspecified atom stereocenters. The van der Waals surface area contributed by atoms with E-state index in [9.17, 15) is 5.11 Å². The second kappa shape index (κ2) is 12.8. The van der Waals surface area contributed by atoms with Crippen LogP contribution in [-0.4, -0.2) is 24.0 Å². The third kappa shape index (κ3) is 5.25. The zero-order valence-corrected chi connectivity index (χ0v) is 29.6. The largest absolute Gasteiger partial charge is 0.507 e. The third-order valence-corrected chi connectivity index (χ3v) is 10.4. The van der Waals surface area contributed by atoms with Gasteiger partial charge in [0.25, 0.3) is 0 Å². The maximum absolute atomic E-state index is 10.9. The molecule has 0 saturated heterocycles. The first kappa shape index (κ1) is 31.5. The second-order valence-corrected chi connectivity index (χ2v) is 13.7. The van der Waals surface area contributed by atoms with Gasteiger partial charge < -0.3 is 9.67 Å². The Labute approximate surface area is 312 Å². The number of aryl methyl sites for hydroxylation is 1. The molecule has 4 heterocycles. The molecular weight excluding hydrogens is 661 g/mol. The van der Waals surface area contributed by atoms with Gasteiger partial charge in [0, 0.05) is 44.9 Å². The van der Waals surface area contributed by atoms with Crippen LogP contribution in [0.2, 0.25) is 0 Å². The maximum Gasteiger partial charge on any atom is 0.137 e. The van der Waals surface area contributed by atoms with Crippen molar-refractivity contribution in [2.75, 3.05) is 0 Å². The quantitative estimate of drug-likeness (QED) is 0.188. The van der Waals surface area contributed by atoms with Crippen molar-refractivity contribution >= 4 is 27.5 Å². The van der Waals surface area contributed by atoms with Gasteiger partial charge in [-0.05, 0) is 90.3 Å². The lowest BCUT2D eigenvalue weighted by Gasteiger charge is -2.13. The summed E-state index contributed by atoms with van der Waals surface area (Å²) < 4.78 is 4.54. The molecule has 5 heteroatoms. The first-order valence-corrected chi connectivity index (χ1v) is 18.1. The van der Waals surface area contributed by atoms with E-state index in [0.717, 1.165) is 61.8 Å². The Morgan fingerprint density at radius 3 is 2.07 bits per heavy atom. The number of para-hydroxylation sites is 3. The average Bonchev–Trinajstić information content (AvgIpc) is 3.77. The van der Waals surface area contributed by atoms with Crippen LogP contribution >= 0.6 is 0 Å². The lowest BCUT2D eigenvalue weighted by Crippen LogP contribution is -1.95. The zero-order chi connectivity index (χ0) is 36.2. The smallest absolute Gasteiger partial charge is 0.137 e. The predicted molar refractivity (Wildman–Crippen MR) is 221 cm³/mol. The molecule has 256 valence electrons. The monoisotopic (exact) mass is 694 g/mol. The fourth-order valence-electron chi connectivity index (χ4n) is 7.83. The van der Waals surface area contributed by atoms with Crippen LogP contribution < -0.4 is 0 Å². The molecule has 0 atom stereocenters. The number of pyridine rings is 2. The number of phenolic OH excluding ortho intramolecular Hbond substituents is 1. The summed E-state index contributed by atoms with van der Waals surface area (Å²) in [4.78, 5) is 10.4. The molecule has 10 rings (SSSR count). The van der Waals surface area contributed by atoms with Crippen LogP contribution in [-0.2, 0) is 0 Å². The number of fused-ring (bicyclic) bond motifs is 4. The van der Waals surface area contributed by atoms with Crippen molar-refractivity contribution in [2.24, 2.45) is 0 Å². The van der Waals surface area contributed by atoms with Crippen molar-refractivity contribution in [1.82, 2.24) is 18.9 Å². The topological polar surface area (TPSA) is 55.4 Å². The summed E-state index contributed by atoms with van der Waals surface area (Å²) in [7, 11) is 0. The normalized spacial score (nSPS) is 11.5. The fourth-order valence-corrected chi connectivity index (χ4v) is 7.83. The molecule has 0 aliphatic carbocycles. The van der Waals surface area contributed by atoms with Gasteiger partial charge in [-0.3, -0.25) is 4.40 Å². The van der Waals surface area contributed by atoms with E-state index in [1.807, 2.05) is 24.3 Å². The number of rotatable bonds is 6. The van der Waals surface area contributed by atoms with Gasteiger partial charge in [-0.1, -0.05) is 109 Å². The van der Waals surface area contributed by atoms with Crippen LogP contribution in [0.1, 0.15) is 5.56 Å². The van der Waals surface area contributed by atoms with Crippen LogP contribution in [0.5, 0.6) is 5.75 Å². The first-order valence-electron chi connectivity index (χ1n) is 18.1. The van der Waals surface area contributed by atoms with Crippen molar-refractivity contribution in [1.29, 1.82) is 0 Å². The van der Waals surface area contributed by atoms with E-state index in [2.05, 4.69) is 168 Å². The molecule has 0 radical (unpaired) electrons. The second-order valence-electron chi connectivity index (χ2n) is 13.7. The predicted octanol–water partition coefficient (Wildman–Crippen LogP) is 12.2. The standard InChI is InChI=1S/C49H34N4O/c1-32-14-5-6-19-38(32)36-29-42(50-43(30-36)41-21-8-10-23-46(41)54)33-15-13-16-34(28-33)48-49(52-27-12-11-24-47(52)51-48)35-25-26-40-39-20-7-9-22-44(39)53(45(40)31-35)37-17-3-2-4-18-37/h2-31,54H,1H3. The minimum atomic E-state index is 0.198. The Kier molecular flexibility index (Phi) is 7.44. The van der Waals surface area contributed by atoms with Gasteiger partial charge in [-0.15, -0.1) is 0 Å². The summed E-state index contributed by atoms with van der Waals surface area (Å²) in [6, 6.07) is 60.6. The number of hydrogen-bond acceptors (Lipinski definition) is 3. The zero-order valence-electron chi connectivity index (χ0n) is 29.6. The van der Waals surface area contributed by atoms with E-state index >= 15 is 0 Å². The molecule has 0 amide bonds. The van der Waals surface area contributed by atoms with E-state index in [1.165, 1.54) is 21.9 Å². The van der Waals surface area contributed by atoms with Crippen LogP contribution in [0.15, 0.2) is 182 Å². The fraction of sp³-hybridized carbons (Fsp3) is 0.0204. The average molecular weight is 695 g/mol. The van der Waals surface area contributed by atoms with E-state index in [0.29, 0.717) is 11.3 Å². The van der Waals surface area contributed by atoms with Gasteiger partial charge >= 0.3 is 0 Å².